The van der Waals surface area contributed by atoms with Gasteiger partial charge in [-0.25, -0.2) is 0 Å². The van der Waals surface area contributed by atoms with Gasteiger partial charge < -0.3 is 19.3 Å². The van der Waals surface area contributed by atoms with Gasteiger partial charge in [0.05, 0.1) is 19.2 Å². The molecule has 1 aliphatic rings. The van der Waals surface area contributed by atoms with Crippen molar-refractivity contribution < 1.29 is 19.1 Å². The summed E-state index contributed by atoms with van der Waals surface area (Å²) in [5.74, 6) is 1.17. The van der Waals surface area contributed by atoms with Crippen LogP contribution in [0, 0.1) is 0 Å². The van der Waals surface area contributed by atoms with Crippen molar-refractivity contribution in [3.8, 4) is 5.75 Å². The topological polar surface area (TPSA) is 59.1 Å². The van der Waals surface area contributed by atoms with Crippen molar-refractivity contribution in [2.45, 2.75) is 45.6 Å². The molecular formula is C25H34N2O4S. The molecule has 1 aromatic heterocycles. The van der Waals surface area contributed by atoms with E-state index in [0.717, 1.165) is 17.7 Å². The molecule has 3 rings (SSSR count). The summed E-state index contributed by atoms with van der Waals surface area (Å²) in [6.45, 7) is 8.04. The largest absolute Gasteiger partial charge is 0.491 e. The van der Waals surface area contributed by atoms with Crippen LogP contribution in [0.2, 0.25) is 0 Å². The quantitative estimate of drug-likeness (QED) is 0.534. The lowest BCUT2D eigenvalue weighted by atomic mass is 10.00. The van der Waals surface area contributed by atoms with Crippen molar-refractivity contribution in [3.63, 3.8) is 0 Å². The summed E-state index contributed by atoms with van der Waals surface area (Å²) >= 11 is 1.73. The van der Waals surface area contributed by atoms with Crippen LogP contribution in [0.3, 0.4) is 0 Å². The molecule has 0 fully saturated rings. The average Bonchev–Trinajstić information content (AvgIpc) is 3.28. The number of carbonyl (C=O) groups is 2. The third-order valence-electron chi connectivity index (χ3n) is 5.92. The molecule has 7 heteroatoms. The van der Waals surface area contributed by atoms with Crippen LogP contribution in [0.5, 0.6) is 5.75 Å². The highest BCUT2D eigenvalue weighted by Gasteiger charge is 2.33. The first-order valence-electron chi connectivity index (χ1n) is 11.3. The van der Waals surface area contributed by atoms with Crippen molar-refractivity contribution in [1.29, 1.82) is 0 Å². The van der Waals surface area contributed by atoms with Gasteiger partial charge >= 0.3 is 0 Å². The third-order valence-corrected chi connectivity index (χ3v) is 6.91. The second-order valence-electron chi connectivity index (χ2n) is 8.35. The summed E-state index contributed by atoms with van der Waals surface area (Å²) in [6, 6.07) is 10.1. The van der Waals surface area contributed by atoms with Gasteiger partial charge in [-0.1, -0.05) is 32.9 Å². The van der Waals surface area contributed by atoms with Crippen molar-refractivity contribution in [1.82, 2.24) is 9.80 Å². The van der Waals surface area contributed by atoms with Crippen LogP contribution in [0.4, 0.5) is 0 Å². The van der Waals surface area contributed by atoms with Gasteiger partial charge in [-0.15, -0.1) is 11.3 Å². The van der Waals surface area contributed by atoms with Crippen LogP contribution >= 0.6 is 11.3 Å². The van der Waals surface area contributed by atoms with Crippen molar-refractivity contribution in [3.05, 3.63) is 51.7 Å². The molecule has 1 aromatic carbocycles. The van der Waals surface area contributed by atoms with E-state index in [1.807, 2.05) is 24.0 Å². The number of rotatable bonds is 10. The Morgan fingerprint density at radius 1 is 1.22 bits per heavy atom. The first kappa shape index (κ1) is 24.3. The SMILES string of the molecule is CCC(=O)N(CCOC)CC(=O)N1CCc2sccc2[C@H]1COc1ccc(C(C)C)cc1. The second kappa shape index (κ2) is 11.5. The van der Waals surface area contributed by atoms with Gasteiger partial charge in [0.1, 0.15) is 12.4 Å². The Bertz CT molecular complexity index is 894. The number of carbonyl (C=O) groups excluding carboxylic acids is 2. The lowest BCUT2D eigenvalue weighted by molar-refractivity contribution is -0.143. The normalized spacial score (nSPS) is 15.5. The molecule has 2 amide bonds. The standard InChI is InChI=1S/C25H34N2O4S/c1-5-24(28)26(13-14-30-4)16-25(29)27-12-10-23-21(11-15-32-23)22(27)17-31-20-8-6-19(7-9-20)18(2)3/h6-9,11,15,18,22H,5,10,12-14,16-17H2,1-4H3/t22-/m1/s1. The summed E-state index contributed by atoms with van der Waals surface area (Å²) in [5.41, 5.74) is 2.42. The Kier molecular flexibility index (Phi) is 8.70. The Balaban J connectivity index is 1.73. The van der Waals surface area contributed by atoms with E-state index in [1.54, 1.807) is 23.3 Å². The summed E-state index contributed by atoms with van der Waals surface area (Å²) in [6.07, 6.45) is 1.20. The van der Waals surface area contributed by atoms with E-state index in [2.05, 4.69) is 37.4 Å². The van der Waals surface area contributed by atoms with E-state index in [1.165, 1.54) is 10.4 Å². The number of nitrogens with zero attached hydrogens (tertiary/aromatic N) is 2. The Labute approximate surface area is 195 Å². The molecule has 32 heavy (non-hydrogen) atoms. The molecule has 0 saturated carbocycles. The lowest BCUT2D eigenvalue weighted by Gasteiger charge is -2.37. The molecular weight excluding hydrogens is 424 g/mol. The zero-order chi connectivity index (χ0) is 23.1. The first-order chi connectivity index (χ1) is 15.4. The average molecular weight is 459 g/mol. The predicted molar refractivity (Wildman–Crippen MR) is 127 cm³/mol. The molecule has 0 radical (unpaired) electrons. The first-order valence-corrected chi connectivity index (χ1v) is 12.2. The highest BCUT2D eigenvalue weighted by molar-refractivity contribution is 7.10. The Hall–Kier alpha value is -2.38. The third kappa shape index (κ3) is 5.90. The van der Waals surface area contributed by atoms with Crippen molar-refractivity contribution in [2.24, 2.45) is 0 Å². The van der Waals surface area contributed by atoms with Crippen molar-refractivity contribution in [2.75, 3.05) is 40.0 Å². The summed E-state index contributed by atoms with van der Waals surface area (Å²) in [4.78, 5) is 30.4. The minimum absolute atomic E-state index is 0.0401. The number of thiophene rings is 1. The van der Waals surface area contributed by atoms with Gasteiger partial charge in [-0.3, -0.25) is 9.59 Å². The minimum atomic E-state index is -0.164. The monoisotopic (exact) mass is 458 g/mol. The summed E-state index contributed by atoms with van der Waals surface area (Å²) < 4.78 is 11.3. The minimum Gasteiger partial charge on any atom is -0.491 e. The molecule has 0 bridgehead atoms. The van der Waals surface area contributed by atoms with Gasteiger partial charge in [-0.05, 0) is 47.0 Å². The van der Waals surface area contributed by atoms with E-state index in [-0.39, 0.29) is 24.4 Å². The van der Waals surface area contributed by atoms with Gasteiger partial charge in [0, 0.05) is 31.5 Å². The number of methoxy groups -OCH3 is 1. The molecule has 174 valence electrons. The molecule has 6 nitrogen and oxygen atoms in total. The molecule has 1 aliphatic heterocycles. The smallest absolute Gasteiger partial charge is 0.242 e. The number of fused-ring (bicyclic) bond motifs is 1. The molecule has 1 atom stereocenters. The molecule has 0 aliphatic carbocycles. The van der Waals surface area contributed by atoms with Crippen LogP contribution in [0.1, 0.15) is 55.2 Å². The number of amides is 2. The lowest BCUT2D eigenvalue weighted by Crippen LogP contribution is -2.48. The zero-order valence-electron chi connectivity index (χ0n) is 19.5. The second-order valence-corrected chi connectivity index (χ2v) is 9.35. The zero-order valence-corrected chi connectivity index (χ0v) is 20.3. The van der Waals surface area contributed by atoms with E-state index in [0.29, 0.717) is 38.6 Å². The number of ether oxygens (including phenoxy) is 2. The van der Waals surface area contributed by atoms with Crippen LogP contribution in [-0.4, -0.2) is 61.6 Å². The number of hydrogen-bond acceptors (Lipinski definition) is 5. The fraction of sp³-hybridized carbons (Fsp3) is 0.520. The van der Waals surface area contributed by atoms with Gasteiger partial charge in [0.15, 0.2) is 0 Å². The van der Waals surface area contributed by atoms with Crippen LogP contribution in [0.25, 0.3) is 0 Å². The molecule has 0 spiro atoms. The maximum atomic E-state index is 13.3. The van der Waals surface area contributed by atoms with E-state index in [4.69, 9.17) is 9.47 Å². The van der Waals surface area contributed by atoms with Gasteiger partial charge in [0.25, 0.3) is 0 Å². The molecule has 2 aromatic rings. The van der Waals surface area contributed by atoms with E-state index in [9.17, 15) is 9.59 Å². The Morgan fingerprint density at radius 3 is 2.62 bits per heavy atom. The van der Waals surface area contributed by atoms with Crippen LogP contribution in [-0.2, 0) is 20.7 Å². The fourth-order valence-electron chi connectivity index (χ4n) is 3.97. The maximum absolute atomic E-state index is 13.3. The Morgan fingerprint density at radius 2 is 1.97 bits per heavy atom. The van der Waals surface area contributed by atoms with Crippen LogP contribution < -0.4 is 4.74 Å². The summed E-state index contributed by atoms with van der Waals surface area (Å²) in [7, 11) is 1.60. The van der Waals surface area contributed by atoms with E-state index >= 15 is 0 Å². The highest BCUT2D eigenvalue weighted by Crippen LogP contribution is 2.34. The van der Waals surface area contributed by atoms with Gasteiger partial charge in [-0.2, -0.15) is 0 Å². The fourth-order valence-corrected chi connectivity index (χ4v) is 4.90. The molecule has 0 N–H and O–H groups in total. The summed E-state index contributed by atoms with van der Waals surface area (Å²) in [5, 5.41) is 2.08. The van der Waals surface area contributed by atoms with Crippen LogP contribution in [0.15, 0.2) is 35.7 Å². The molecule has 0 saturated heterocycles. The molecule has 2 heterocycles. The van der Waals surface area contributed by atoms with Gasteiger partial charge in [0.2, 0.25) is 11.8 Å². The number of hydrogen-bond donors (Lipinski definition) is 0. The molecule has 0 unspecified atom stereocenters. The maximum Gasteiger partial charge on any atom is 0.242 e. The van der Waals surface area contributed by atoms with E-state index < -0.39 is 0 Å². The van der Waals surface area contributed by atoms with Crippen molar-refractivity contribution >= 4 is 23.2 Å². The highest BCUT2D eigenvalue weighted by atomic mass is 32.1. The number of benzene rings is 1. The predicted octanol–water partition coefficient (Wildman–Crippen LogP) is 4.26.